The molecule has 6 heteroatoms. The van der Waals surface area contributed by atoms with Crippen LogP contribution in [0.15, 0.2) is 35.1 Å². The van der Waals surface area contributed by atoms with Crippen LogP contribution in [0.3, 0.4) is 0 Å². The van der Waals surface area contributed by atoms with Crippen molar-refractivity contribution in [1.82, 2.24) is 10.2 Å². The molecule has 0 aliphatic carbocycles. The number of nitrogens with zero attached hydrogens (tertiary/aromatic N) is 1. The minimum Gasteiger partial charge on any atom is -0.494 e. The van der Waals surface area contributed by atoms with Crippen LogP contribution in [-0.2, 0) is 11.2 Å². The highest BCUT2D eigenvalue weighted by Crippen LogP contribution is 2.20. The van der Waals surface area contributed by atoms with Crippen LogP contribution < -0.4 is 10.3 Å². The van der Waals surface area contributed by atoms with E-state index in [2.05, 4.69) is 10.2 Å². The number of benzene rings is 1. The lowest BCUT2D eigenvalue weighted by Crippen LogP contribution is -2.17. The predicted octanol–water partition coefficient (Wildman–Crippen LogP) is 1.85. The van der Waals surface area contributed by atoms with E-state index in [1.165, 1.54) is 6.07 Å². The molecule has 0 amide bonds. The Bertz CT molecular complexity index is 677. The zero-order valence-electron chi connectivity index (χ0n) is 11.6. The number of hydrogen-bond donors (Lipinski definition) is 2. The van der Waals surface area contributed by atoms with E-state index in [0.717, 1.165) is 17.7 Å². The molecule has 1 heterocycles. The number of carboxylic acids is 1. The van der Waals surface area contributed by atoms with E-state index in [1.54, 1.807) is 0 Å². The molecule has 1 aromatic heterocycles. The maximum atomic E-state index is 11.5. The Morgan fingerprint density at radius 2 is 2.05 bits per heavy atom. The average molecular weight is 288 g/mol. The third-order valence-electron chi connectivity index (χ3n) is 2.85. The zero-order valence-corrected chi connectivity index (χ0v) is 11.6. The van der Waals surface area contributed by atoms with Crippen LogP contribution in [0.4, 0.5) is 0 Å². The molecule has 0 unspecified atom stereocenters. The van der Waals surface area contributed by atoms with E-state index in [1.807, 2.05) is 31.2 Å². The van der Waals surface area contributed by atoms with Gasteiger partial charge in [-0.05, 0) is 36.8 Å². The topological polar surface area (TPSA) is 92.3 Å². The fourth-order valence-corrected chi connectivity index (χ4v) is 1.83. The van der Waals surface area contributed by atoms with Crippen molar-refractivity contribution in [3.63, 3.8) is 0 Å². The maximum Gasteiger partial charge on any atom is 0.308 e. The fourth-order valence-electron chi connectivity index (χ4n) is 1.83. The van der Waals surface area contributed by atoms with Gasteiger partial charge in [-0.2, -0.15) is 5.10 Å². The molecule has 0 saturated carbocycles. The summed E-state index contributed by atoms with van der Waals surface area (Å²) in [4.78, 5) is 22.2. The highest BCUT2D eigenvalue weighted by atomic mass is 16.5. The number of H-pyrrole nitrogens is 1. The Balaban J connectivity index is 2.25. The molecular formula is C15H16N2O4. The van der Waals surface area contributed by atoms with E-state index < -0.39 is 11.5 Å². The first-order chi connectivity index (χ1) is 10.1. The van der Waals surface area contributed by atoms with Gasteiger partial charge in [-0.15, -0.1) is 0 Å². The molecule has 6 nitrogen and oxygen atoms in total. The number of carboxylic acid groups (broad SMARTS) is 1. The number of aromatic amines is 1. The van der Waals surface area contributed by atoms with Crippen molar-refractivity contribution in [2.45, 2.75) is 19.8 Å². The molecule has 0 saturated heterocycles. The maximum absolute atomic E-state index is 11.5. The fraction of sp³-hybridized carbons (Fsp3) is 0.267. The summed E-state index contributed by atoms with van der Waals surface area (Å²) in [6.45, 7) is 2.68. The van der Waals surface area contributed by atoms with Crippen LogP contribution >= 0.6 is 0 Å². The van der Waals surface area contributed by atoms with Crippen molar-refractivity contribution in [1.29, 1.82) is 0 Å². The number of carbonyl (C=O) groups is 1. The number of aromatic nitrogens is 2. The van der Waals surface area contributed by atoms with Gasteiger partial charge in [-0.1, -0.05) is 6.92 Å². The number of nitrogens with one attached hydrogen (secondary N) is 1. The largest absolute Gasteiger partial charge is 0.494 e. The van der Waals surface area contributed by atoms with Gasteiger partial charge in [-0.25, -0.2) is 5.10 Å². The Hall–Kier alpha value is -2.63. The van der Waals surface area contributed by atoms with Gasteiger partial charge in [0, 0.05) is 11.1 Å². The lowest BCUT2D eigenvalue weighted by Gasteiger charge is -2.06. The van der Waals surface area contributed by atoms with Gasteiger partial charge in [0.05, 0.1) is 18.7 Å². The summed E-state index contributed by atoms with van der Waals surface area (Å²) in [7, 11) is 0. The summed E-state index contributed by atoms with van der Waals surface area (Å²) >= 11 is 0. The lowest BCUT2D eigenvalue weighted by molar-refractivity contribution is -0.136. The summed E-state index contributed by atoms with van der Waals surface area (Å²) in [6, 6.07) is 8.75. The van der Waals surface area contributed by atoms with E-state index in [9.17, 15) is 9.59 Å². The molecular weight excluding hydrogens is 272 g/mol. The second-order valence-electron chi connectivity index (χ2n) is 4.55. The van der Waals surface area contributed by atoms with E-state index in [-0.39, 0.29) is 12.0 Å². The van der Waals surface area contributed by atoms with Crippen LogP contribution in [0, 0.1) is 0 Å². The molecule has 0 atom stereocenters. The van der Waals surface area contributed by atoms with Crippen LogP contribution in [-0.4, -0.2) is 27.9 Å². The standard InChI is InChI=1S/C15H16N2O4/c1-2-7-21-12-5-3-10(4-6-12)13-8-11(9-14(18)19)15(20)17-16-13/h3-6,8H,2,7,9H2,1H3,(H,17,20)(H,18,19). The molecule has 0 aliphatic heterocycles. The van der Waals surface area contributed by atoms with Crippen molar-refractivity contribution >= 4 is 5.97 Å². The Morgan fingerprint density at radius 1 is 1.33 bits per heavy atom. The van der Waals surface area contributed by atoms with Crippen LogP contribution in [0.5, 0.6) is 5.75 Å². The Kier molecular flexibility index (Phi) is 4.71. The molecule has 0 aliphatic rings. The highest BCUT2D eigenvalue weighted by Gasteiger charge is 2.09. The number of rotatable bonds is 6. The van der Waals surface area contributed by atoms with Gasteiger partial charge < -0.3 is 9.84 Å². The van der Waals surface area contributed by atoms with E-state index >= 15 is 0 Å². The highest BCUT2D eigenvalue weighted by molar-refractivity contribution is 5.71. The first-order valence-electron chi connectivity index (χ1n) is 6.63. The van der Waals surface area contributed by atoms with Crippen molar-refractivity contribution in [2.24, 2.45) is 0 Å². The molecule has 2 rings (SSSR count). The zero-order chi connectivity index (χ0) is 15.2. The first-order valence-corrected chi connectivity index (χ1v) is 6.63. The lowest BCUT2D eigenvalue weighted by atomic mass is 10.1. The number of hydrogen-bond acceptors (Lipinski definition) is 4. The minimum atomic E-state index is -1.05. The molecule has 0 radical (unpaired) electrons. The predicted molar refractivity (Wildman–Crippen MR) is 77.4 cm³/mol. The molecule has 0 bridgehead atoms. The summed E-state index contributed by atoms with van der Waals surface area (Å²) in [5, 5.41) is 15.0. The summed E-state index contributed by atoms with van der Waals surface area (Å²) in [5.41, 5.74) is 0.998. The smallest absolute Gasteiger partial charge is 0.308 e. The number of ether oxygens (including phenoxy) is 1. The minimum absolute atomic E-state index is 0.179. The molecule has 2 aromatic rings. The molecule has 110 valence electrons. The molecule has 0 fully saturated rings. The summed E-state index contributed by atoms with van der Waals surface area (Å²) < 4.78 is 5.49. The van der Waals surface area contributed by atoms with Gasteiger partial charge in [0.25, 0.3) is 5.56 Å². The van der Waals surface area contributed by atoms with Crippen LogP contribution in [0.1, 0.15) is 18.9 Å². The van der Waals surface area contributed by atoms with Gasteiger partial charge in [-0.3, -0.25) is 9.59 Å². The molecule has 2 N–H and O–H groups in total. The monoisotopic (exact) mass is 288 g/mol. The molecule has 21 heavy (non-hydrogen) atoms. The van der Waals surface area contributed by atoms with Crippen molar-refractivity contribution < 1.29 is 14.6 Å². The van der Waals surface area contributed by atoms with Crippen molar-refractivity contribution in [3.05, 3.63) is 46.2 Å². The van der Waals surface area contributed by atoms with E-state index in [4.69, 9.17) is 9.84 Å². The Labute approximate surface area is 121 Å². The van der Waals surface area contributed by atoms with Gasteiger partial charge in [0.1, 0.15) is 5.75 Å². The van der Waals surface area contributed by atoms with Crippen molar-refractivity contribution in [2.75, 3.05) is 6.61 Å². The van der Waals surface area contributed by atoms with Gasteiger partial charge in [0.15, 0.2) is 0 Å². The van der Waals surface area contributed by atoms with Crippen LogP contribution in [0.25, 0.3) is 11.3 Å². The SMILES string of the molecule is CCCOc1ccc(-c2cc(CC(=O)O)c(=O)[nH]n2)cc1. The van der Waals surface area contributed by atoms with Gasteiger partial charge >= 0.3 is 5.97 Å². The van der Waals surface area contributed by atoms with Crippen molar-refractivity contribution in [3.8, 4) is 17.0 Å². The average Bonchev–Trinajstić information content (AvgIpc) is 2.47. The molecule has 0 spiro atoms. The normalized spacial score (nSPS) is 10.3. The number of aliphatic carboxylic acids is 1. The van der Waals surface area contributed by atoms with E-state index in [0.29, 0.717) is 12.3 Å². The third kappa shape index (κ3) is 3.92. The third-order valence-corrected chi connectivity index (χ3v) is 2.85. The Morgan fingerprint density at radius 3 is 2.67 bits per heavy atom. The quantitative estimate of drug-likeness (QED) is 0.846. The summed E-state index contributed by atoms with van der Waals surface area (Å²) in [5.74, 6) is -0.295. The second kappa shape index (κ2) is 6.69. The second-order valence-corrected chi connectivity index (χ2v) is 4.55. The van der Waals surface area contributed by atoms with Crippen LogP contribution in [0.2, 0.25) is 0 Å². The summed E-state index contributed by atoms with van der Waals surface area (Å²) in [6.07, 6.45) is 0.602. The first kappa shape index (κ1) is 14.8. The van der Waals surface area contributed by atoms with Gasteiger partial charge in [0.2, 0.25) is 0 Å². The molecule has 1 aromatic carbocycles.